The molecule has 1 N–H and O–H groups in total. The molecule has 0 aliphatic rings. The van der Waals surface area contributed by atoms with Gasteiger partial charge in [0.25, 0.3) is 0 Å². The van der Waals surface area contributed by atoms with Crippen molar-refractivity contribution in [2.75, 3.05) is 7.11 Å². The van der Waals surface area contributed by atoms with Crippen LogP contribution >= 0.6 is 0 Å². The molecule has 1 atom stereocenters. The topological polar surface area (TPSA) is 51.2 Å². The largest absolute Gasteiger partial charge is 0.497 e. The van der Waals surface area contributed by atoms with Crippen molar-refractivity contribution in [1.82, 2.24) is 10.3 Å². The number of benzene rings is 1. The Morgan fingerprint density at radius 2 is 1.97 bits per heavy atom. The molecular formula is C29H40N2O2. The molecule has 0 aliphatic heterocycles. The highest BCUT2D eigenvalue weighted by Gasteiger charge is 2.08. The Bertz CT molecular complexity index is 903. The summed E-state index contributed by atoms with van der Waals surface area (Å²) in [6.07, 6.45) is 16.1. The van der Waals surface area contributed by atoms with Crippen molar-refractivity contribution < 1.29 is 9.53 Å². The predicted molar refractivity (Wildman–Crippen MR) is 138 cm³/mol. The molecule has 2 aromatic rings. The molecule has 0 unspecified atom stereocenters. The SMILES string of the molecule is CCCCCC/C(=C(C)\C=C\C(=O)N[C@H](C)CCCc1cccnc1)c1cccc(OC)c1. The van der Waals surface area contributed by atoms with Gasteiger partial charge in [-0.1, -0.05) is 50.5 Å². The minimum atomic E-state index is -0.0424. The van der Waals surface area contributed by atoms with Crippen LogP contribution in [0.5, 0.6) is 5.75 Å². The maximum absolute atomic E-state index is 12.5. The average Bonchev–Trinajstić information content (AvgIpc) is 2.83. The van der Waals surface area contributed by atoms with Crippen LogP contribution in [0.25, 0.3) is 5.57 Å². The molecule has 0 spiro atoms. The lowest BCUT2D eigenvalue weighted by Gasteiger charge is -2.13. The summed E-state index contributed by atoms with van der Waals surface area (Å²) >= 11 is 0. The van der Waals surface area contributed by atoms with Gasteiger partial charge in [-0.2, -0.15) is 0 Å². The van der Waals surface area contributed by atoms with E-state index in [0.29, 0.717) is 0 Å². The number of amides is 1. The van der Waals surface area contributed by atoms with Crippen molar-refractivity contribution in [3.63, 3.8) is 0 Å². The van der Waals surface area contributed by atoms with Crippen molar-refractivity contribution in [2.45, 2.75) is 78.2 Å². The van der Waals surface area contributed by atoms with E-state index in [0.717, 1.165) is 49.0 Å². The third-order valence-corrected chi connectivity index (χ3v) is 5.87. The van der Waals surface area contributed by atoms with E-state index in [9.17, 15) is 4.79 Å². The summed E-state index contributed by atoms with van der Waals surface area (Å²) in [4.78, 5) is 16.7. The lowest BCUT2D eigenvalue weighted by Crippen LogP contribution is -2.31. The Morgan fingerprint density at radius 3 is 2.70 bits per heavy atom. The van der Waals surface area contributed by atoms with E-state index in [1.54, 1.807) is 19.4 Å². The van der Waals surface area contributed by atoms with E-state index < -0.39 is 0 Å². The van der Waals surface area contributed by atoms with E-state index >= 15 is 0 Å². The molecule has 0 aliphatic carbocycles. The lowest BCUT2D eigenvalue weighted by molar-refractivity contribution is -0.117. The Morgan fingerprint density at radius 1 is 1.12 bits per heavy atom. The first-order valence-corrected chi connectivity index (χ1v) is 12.2. The van der Waals surface area contributed by atoms with Gasteiger partial charge in [-0.3, -0.25) is 9.78 Å². The Kier molecular flexibility index (Phi) is 12.0. The number of hydrogen-bond acceptors (Lipinski definition) is 3. The summed E-state index contributed by atoms with van der Waals surface area (Å²) in [6.45, 7) is 6.38. The average molecular weight is 449 g/mol. The van der Waals surface area contributed by atoms with Crippen LogP contribution in [0.4, 0.5) is 0 Å². The molecule has 33 heavy (non-hydrogen) atoms. The van der Waals surface area contributed by atoms with Crippen LogP contribution in [-0.4, -0.2) is 24.0 Å². The molecule has 1 heterocycles. The van der Waals surface area contributed by atoms with Gasteiger partial charge in [0.1, 0.15) is 5.75 Å². The molecular weight excluding hydrogens is 408 g/mol. The molecule has 4 heteroatoms. The molecule has 0 bridgehead atoms. The van der Waals surface area contributed by atoms with E-state index in [-0.39, 0.29) is 11.9 Å². The Hall–Kier alpha value is -2.88. The summed E-state index contributed by atoms with van der Waals surface area (Å²) in [5.74, 6) is 0.812. The van der Waals surface area contributed by atoms with Gasteiger partial charge in [0.2, 0.25) is 5.91 Å². The standard InChI is InChI=1S/C29H40N2O2/c1-5-6-7-8-17-28(26-15-10-16-27(21-26)33-4)23(2)18-19-29(32)31-24(3)12-9-13-25-14-11-20-30-22-25/h10-11,14-16,18-22,24H,5-9,12-13,17H2,1-4H3,(H,31,32)/b19-18+,28-23+/t24-/m1/s1. The zero-order valence-electron chi connectivity index (χ0n) is 20.8. The number of pyridine rings is 1. The summed E-state index contributed by atoms with van der Waals surface area (Å²) in [5, 5.41) is 3.09. The molecule has 0 saturated carbocycles. The number of ether oxygens (including phenoxy) is 1. The maximum Gasteiger partial charge on any atom is 0.244 e. The quantitative estimate of drug-likeness (QED) is 0.194. The summed E-state index contributed by atoms with van der Waals surface area (Å²) in [5.41, 5.74) is 4.80. The number of hydrogen-bond donors (Lipinski definition) is 1. The van der Waals surface area contributed by atoms with Crippen molar-refractivity contribution in [3.8, 4) is 5.75 Å². The summed E-state index contributed by atoms with van der Waals surface area (Å²) < 4.78 is 5.42. The Labute approximate surface area is 200 Å². The molecule has 0 saturated heterocycles. The first kappa shape index (κ1) is 26.4. The van der Waals surface area contributed by atoms with E-state index in [2.05, 4.69) is 49.3 Å². The lowest BCUT2D eigenvalue weighted by atomic mass is 9.94. The van der Waals surface area contributed by atoms with Crippen molar-refractivity contribution in [2.24, 2.45) is 0 Å². The van der Waals surface area contributed by atoms with Crippen molar-refractivity contribution >= 4 is 11.5 Å². The predicted octanol–water partition coefficient (Wildman–Crippen LogP) is 6.92. The van der Waals surface area contributed by atoms with E-state index in [1.165, 1.54) is 30.4 Å². The third kappa shape index (κ3) is 10.1. The molecule has 4 nitrogen and oxygen atoms in total. The molecule has 0 fully saturated rings. The number of unbranched alkanes of at least 4 members (excludes halogenated alkanes) is 3. The molecule has 1 aromatic carbocycles. The fourth-order valence-corrected chi connectivity index (χ4v) is 3.93. The molecule has 1 aromatic heterocycles. The number of aryl methyl sites for hydroxylation is 1. The number of nitrogens with zero attached hydrogens (tertiary/aromatic N) is 1. The number of carbonyl (C=O) groups is 1. The number of methoxy groups -OCH3 is 1. The first-order valence-electron chi connectivity index (χ1n) is 12.2. The maximum atomic E-state index is 12.5. The van der Waals surface area contributed by atoms with Gasteiger partial charge in [0.15, 0.2) is 0 Å². The molecule has 2 rings (SSSR count). The number of nitrogens with one attached hydrogen (secondary N) is 1. The smallest absolute Gasteiger partial charge is 0.244 e. The Balaban J connectivity index is 1.97. The van der Waals surface area contributed by atoms with Crippen LogP contribution in [0, 0.1) is 0 Å². The summed E-state index contributed by atoms with van der Waals surface area (Å²) in [7, 11) is 1.69. The number of carbonyl (C=O) groups excluding carboxylic acids is 1. The van der Waals surface area contributed by atoms with E-state index in [1.807, 2.05) is 30.5 Å². The molecule has 0 radical (unpaired) electrons. The van der Waals surface area contributed by atoms with E-state index in [4.69, 9.17) is 4.74 Å². The van der Waals surface area contributed by atoms with Gasteiger partial charge in [-0.25, -0.2) is 0 Å². The van der Waals surface area contributed by atoms with Gasteiger partial charge >= 0.3 is 0 Å². The molecule has 178 valence electrons. The van der Waals surface area contributed by atoms with Crippen LogP contribution in [0.1, 0.15) is 76.8 Å². The van der Waals surface area contributed by atoms with Gasteiger partial charge in [0.05, 0.1) is 7.11 Å². The zero-order chi connectivity index (χ0) is 23.9. The first-order chi connectivity index (χ1) is 16.0. The minimum absolute atomic E-state index is 0.0424. The highest BCUT2D eigenvalue weighted by Crippen LogP contribution is 2.28. The fraction of sp³-hybridized carbons (Fsp3) is 0.448. The number of rotatable bonds is 14. The van der Waals surface area contributed by atoms with Crippen LogP contribution in [-0.2, 0) is 11.2 Å². The number of aromatic nitrogens is 1. The van der Waals surface area contributed by atoms with Gasteiger partial charge in [0, 0.05) is 24.5 Å². The van der Waals surface area contributed by atoms with Crippen molar-refractivity contribution in [3.05, 3.63) is 77.6 Å². The second-order valence-electron chi connectivity index (χ2n) is 8.70. The van der Waals surface area contributed by atoms with Crippen LogP contribution in [0.3, 0.4) is 0 Å². The monoisotopic (exact) mass is 448 g/mol. The van der Waals surface area contributed by atoms with Gasteiger partial charge < -0.3 is 10.1 Å². The highest BCUT2D eigenvalue weighted by atomic mass is 16.5. The van der Waals surface area contributed by atoms with Gasteiger partial charge in [-0.15, -0.1) is 0 Å². The number of allylic oxidation sites excluding steroid dienone is 3. The second-order valence-corrected chi connectivity index (χ2v) is 8.70. The second kappa shape index (κ2) is 15.0. The minimum Gasteiger partial charge on any atom is -0.497 e. The van der Waals surface area contributed by atoms with Crippen LogP contribution < -0.4 is 10.1 Å². The summed E-state index contributed by atoms with van der Waals surface area (Å²) in [6, 6.07) is 12.4. The van der Waals surface area contributed by atoms with Crippen LogP contribution in [0.15, 0.2) is 66.5 Å². The third-order valence-electron chi connectivity index (χ3n) is 5.87. The fourth-order valence-electron chi connectivity index (χ4n) is 3.93. The highest BCUT2D eigenvalue weighted by molar-refractivity contribution is 5.88. The van der Waals surface area contributed by atoms with Gasteiger partial charge in [-0.05, 0) is 86.4 Å². The van der Waals surface area contributed by atoms with Crippen LogP contribution in [0.2, 0.25) is 0 Å². The molecule has 1 amide bonds. The zero-order valence-corrected chi connectivity index (χ0v) is 20.8. The van der Waals surface area contributed by atoms with Crippen molar-refractivity contribution in [1.29, 1.82) is 0 Å². The normalized spacial score (nSPS) is 13.0.